The van der Waals surface area contributed by atoms with E-state index in [0.29, 0.717) is 19.5 Å². The molecular formula is C24H24N2O3S. The van der Waals surface area contributed by atoms with E-state index in [1.165, 1.54) is 16.9 Å². The van der Waals surface area contributed by atoms with Crippen molar-refractivity contribution < 1.29 is 14.4 Å². The van der Waals surface area contributed by atoms with Crippen LogP contribution in [0.3, 0.4) is 0 Å². The van der Waals surface area contributed by atoms with Crippen LogP contribution < -0.4 is 4.74 Å². The summed E-state index contributed by atoms with van der Waals surface area (Å²) in [4.78, 5) is 21.4. The van der Waals surface area contributed by atoms with Crippen molar-refractivity contribution in [3.63, 3.8) is 0 Å². The van der Waals surface area contributed by atoms with Gasteiger partial charge < -0.3 is 14.5 Å². The molecule has 1 aliphatic rings. The fourth-order valence-corrected chi connectivity index (χ4v) is 4.15. The Hall–Kier alpha value is -3.12. The number of hydrogen-bond donors (Lipinski definition) is 0. The second kappa shape index (κ2) is 9.13. The fraction of sp³-hybridized carbons (Fsp3) is 0.250. The number of hydrogen-bond acceptors (Lipinski definition) is 5. The first-order valence-electron chi connectivity index (χ1n) is 9.88. The van der Waals surface area contributed by atoms with Crippen LogP contribution in [-0.2, 0) is 11.4 Å². The summed E-state index contributed by atoms with van der Waals surface area (Å²) in [5, 5.41) is 6.21. The molecule has 154 valence electrons. The maximum absolute atomic E-state index is 13.2. The molecule has 0 spiro atoms. The van der Waals surface area contributed by atoms with E-state index in [-0.39, 0.29) is 12.0 Å². The van der Waals surface area contributed by atoms with Crippen LogP contribution in [0.1, 0.15) is 32.8 Å². The van der Waals surface area contributed by atoms with Crippen LogP contribution in [0.4, 0.5) is 0 Å². The van der Waals surface area contributed by atoms with Crippen LogP contribution >= 0.6 is 11.3 Å². The molecule has 0 N–H and O–H groups in total. The standard InChI is InChI=1S/C24H24N2O3S/c1-17-8-10-19(11-9-17)22-14-21(29-25-22)16-26(24(27)23-7-4-12-30-23)15-18-5-3-6-20(13-18)28-2/h3-13,21H,14-16H2,1-2H3/t21-/m1/s1. The van der Waals surface area contributed by atoms with Crippen molar-refractivity contribution in [2.45, 2.75) is 26.0 Å². The van der Waals surface area contributed by atoms with E-state index in [1.807, 2.05) is 46.7 Å². The number of methoxy groups -OCH3 is 1. The Balaban J connectivity index is 1.48. The summed E-state index contributed by atoms with van der Waals surface area (Å²) in [5.41, 5.74) is 4.20. The quantitative estimate of drug-likeness (QED) is 0.546. The van der Waals surface area contributed by atoms with Gasteiger partial charge in [0.1, 0.15) is 5.75 Å². The molecule has 2 aromatic carbocycles. The van der Waals surface area contributed by atoms with Crippen molar-refractivity contribution in [1.29, 1.82) is 0 Å². The molecule has 5 nitrogen and oxygen atoms in total. The minimum absolute atomic E-state index is 0.000191. The zero-order chi connectivity index (χ0) is 20.9. The molecule has 30 heavy (non-hydrogen) atoms. The van der Waals surface area contributed by atoms with E-state index in [0.717, 1.165) is 27.5 Å². The molecule has 0 saturated heterocycles. The second-order valence-corrected chi connectivity index (χ2v) is 8.30. The maximum Gasteiger partial charge on any atom is 0.264 e. The number of ether oxygens (including phenoxy) is 1. The lowest BCUT2D eigenvalue weighted by Gasteiger charge is -2.24. The Bertz CT molecular complexity index is 1030. The minimum atomic E-state index is -0.171. The number of benzene rings is 2. The Labute approximate surface area is 180 Å². The molecule has 1 aromatic heterocycles. The van der Waals surface area contributed by atoms with Crippen molar-refractivity contribution in [1.82, 2.24) is 4.90 Å². The van der Waals surface area contributed by atoms with E-state index in [1.54, 1.807) is 7.11 Å². The zero-order valence-electron chi connectivity index (χ0n) is 17.1. The molecule has 1 amide bonds. The Morgan fingerprint density at radius 2 is 2.03 bits per heavy atom. The van der Waals surface area contributed by atoms with Crippen LogP contribution in [0.15, 0.2) is 71.2 Å². The van der Waals surface area contributed by atoms with E-state index in [2.05, 4.69) is 36.3 Å². The Morgan fingerprint density at radius 3 is 2.77 bits per heavy atom. The lowest BCUT2D eigenvalue weighted by Crippen LogP contribution is -2.37. The number of rotatable bonds is 7. The van der Waals surface area contributed by atoms with E-state index in [9.17, 15) is 4.79 Å². The third-order valence-electron chi connectivity index (χ3n) is 5.07. The van der Waals surface area contributed by atoms with Gasteiger partial charge in [0.15, 0.2) is 6.10 Å². The summed E-state index contributed by atoms with van der Waals surface area (Å²) in [6.07, 6.45) is 0.505. The van der Waals surface area contributed by atoms with Gasteiger partial charge in [-0.05, 0) is 41.6 Å². The number of carbonyl (C=O) groups is 1. The number of oxime groups is 1. The van der Waals surface area contributed by atoms with Crippen molar-refractivity contribution in [2.24, 2.45) is 5.16 Å². The van der Waals surface area contributed by atoms with Gasteiger partial charge in [0, 0.05) is 13.0 Å². The third kappa shape index (κ3) is 4.71. The maximum atomic E-state index is 13.2. The monoisotopic (exact) mass is 420 g/mol. The number of thiophene rings is 1. The first-order valence-corrected chi connectivity index (χ1v) is 10.8. The lowest BCUT2D eigenvalue weighted by atomic mass is 10.0. The number of amides is 1. The molecular weight excluding hydrogens is 396 g/mol. The van der Waals surface area contributed by atoms with Gasteiger partial charge in [0.2, 0.25) is 0 Å². The van der Waals surface area contributed by atoms with Crippen molar-refractivity contribution >= 4 is 23.0 Å². The highest BCUT2D eigenvalue weighted by Crippen LogP contribution is 2.22. The smallest absolute Gasteiger partial charge is 0.264 e. The van der Waals surface area contributed by atoms with Crippen LogP contribution in [-0.4, -0.2) is 36.3 Å². The first-order chi connectivity index (χ1) is 14.6. The summed E-state index contributed by atoms with van der Waals surface area (Å²) in [7, 11) is 1.64. The summed E-state index contributed by atoms with van der Waals surface area (Å²) in [6.45, 7) is 3.01. The highest BCUT2D eigenvalue weighted by molar-refractivity contribution is 7.12. The van der Waals surface area contributed by atoms with Crippen molar-refractivity contribution in [3.8, 4) is 5.75 Å². The molecule has 2 heterocycles. The third-order valence-corrected chi connectivity index (χ3v) is 5.93. The van der Waals surface area contributed by atoms with Gasteiger partial charge in [-0.2, -0.15) is 0 Å². The molecule has 1 atom stereocenters. The van der Waals surface area contributed by atoms with Gasteiger partial charge in [0.25, 0.3) is 5.91 Å². The number of aryl methyl sites for hydroxylation is 1. The largest absolute Gasteiger partial charge is 0.497 e. The molecule has 0 bridgehead atoms. The SMILES string of the molecule is COc1cccc(CN(C[C@H]2CC(c3ccc(C)cc3)=NO2)C(=O)c2cccs2)c1. The topological polar surface area (TPSA) is 51.1 Å². The molecule has 0 radical (unpaired) electrons. The molecule has 3 aromatic rings. The van der Waals surface area contributed by atoms with Crippen molar-refractivity contribution in [3.05, 3.63) is 87.6 Å². The molecule has 0 aliphatic carbocycles. The molecule has 0 saturated carbocycles. The van der Waals surface area contributed by atoms with Gasteiger partial charge >= 0.3 is 0 Å². The van der Waals surface area contributed by atoms with Gasteiger partial charge in [-0.1, -0.05) is 53.2 Å². The molecule has 0 unspecified atom stereocenters. The van der Waals surface area contributed by atoms with Crippen LogP contribution in [0.25, 0.3) is 0 Å². The minimum Gasteiger partial charge on any atom is -0.497 e. The van der Waals surface area contributed by atoms with E-state index in [4.69, 9.17) is 9.57 Å². The van der Waals surface area contributed by atoms with Crippen LogP contribution in [0.5, 0.6) is 5.75 Å². The van der Waals surface area contributed by atoms with Crippen LogP contribution in [0, 0.1) is 6.92 Å². The van der Waals surface area contributed by atoms with Gasteiger partial charge in [0.05, 0.1) is 24.2 Å². The summed E-state index contributed by atoms with van der Waals surface area (Å²) < 4.78 is 5.33. The fourth-order valence-electron chi connectivity index (χ4n) is 3.46. The average molecular weight is 421 g/mol. The summed E-state index contributed by atoms with van der Waals surface area (Å²) in [5.74, 6) is 0.776. The van der Waals surface area contributed by atoms with Crippen LogP contribution in [0.2, 0.25) is 0 Å². The number of nitrogens with zero attached hydrogens (tertiary/aromatic N) is 2. The lowest BCUT2D eigenvalue weighted by molar-refractivity contribution is 0.0408. The van der Waals surface area contributed by atoms with Gasteiger partial charge in [-0.3, -0.25) is 4.79 Å². The average Bonchev–Trinajstić information content (AvgIpc) is 3.46. The second-order valence-electron chi connectivity index (χ2n) is 7.35. The highest BCUT2D eigenvalue weighted by Gasteiger charge is 2.27. The zero-order valence-corrected chi connectivity index (χ0v) is 17.9. The Morgan fingerprint density at radius 1 is 1.20 bits per heavy atom. The highest BCUT2D eigenvalue weighted by atomic mass is 32.1. The molecule has 4 rings (SSSR count). The summed E-state index contributed by atoms with van der Waals surface area (Å²) in [6, 6.07) is 19.8. The summed E-state index contributed by atoms with van der Waals surface area (Å²) >= 11 is 1.45. The molecule has 6 heteroatoms. The normalized spacial score (nSPS) is 15.4. The van der Waals surface area contributed by atoms with Gasteiger partial charge in [-0.25, -0.2) is 0 Å². The molecule has 1 aliphatic heterocycles. The first kappa shape index (κ1) is 20.2. The van der Waals surface area contributed by atoms with Crippen molar-refractivity contribution in [2.75, 3.05) is 13.7 Å². The Kier molecular flexibility index (Phi) is 6.14. The predicted octanol–water partition coefficient (Wildman–Crippen LogP) is 4.90. The van der Waals surface area contributed by atoms with Gasteiger partial charge in [-0.15, -0.1) is 11.3 Å². The molecule has 0 fully saturated rings. The van der Waals surface area contributed by atoms with E-state index >= 15 is 0 Å². The predicted molar refractivity (Wildman–Crippen MR) is 119 cm³/mol. The number of carbonyl (C=O) groups excluding carboxylic acids is 1. The van der Waals surface area contributed by atoms with E-state index < -0.39 is 0 Å².